The van der Waals surface area contributed by atoms with Crippen molar-refractivity contribution < 1.29 is 4.79 Å². The van der Waals surface area contributed by atoms with Crippen molar-refractivity contribution in [2.24, 2.45) is 0 Å². The number of hydrogen-bond acceptors (Lipinski definition) is 3. The number of ketones is 1. The molecule has 0 heterocycles. The van der Waals surface area contributed by atoms with Gasteiger partial charge in [-0.3, -0.25) is 4.79 Å². The molecule has 0 bridgehead atoms. The Morgan fingerprint density at radius 3 is 2.19 bits per heavy atom. The smallest absolute Gasteiger partial charge is 0.146 e. The van der Waals surface area contributed by atoms with E-state index in [0.717, 1.165) is 25.8 Å². The first-order valence-electron chi connectivity index (χ1n) is 5.79. The van der Waals surface area contributed by atoms with Crippen LogP contribution in [0.4, 0.5) is 0 Å². The zero-order valence-corrected chi connectivity index (χ0v) is 10.8. The maximum atomic E-state index is 11.1. The Hall–Kier alpha value is -0.410. The summed E-state index contributed by atoms with van der Waals surface area (Å²) in [7, 11) is 1.85. The molecule has 0 rings (SSSR count). The third-order valence-electron chi connectivity index (χ3n) is 2.41. The molecule has 0 saturated carbocycles. The number of hydrogen-bond donors (Lipinski definition) is 2. The highest BCUT2D eigenvalue weighted by Gasteiger charge is 2.11. The van der Waals surface area contributed by atoms with E-state index in [4.69, 9.17) is 0 Å². The van der Waals surface area contributed by atoms with E-state index in [1.807, 2.05) is 7.05 Å². The summed E-state index contributed by atoms with van der Waals surface area (Å²) >= 11 is 0. The highest BCUT2D eigenvalue weighted by molar-refractivity contribution is 5.81. The van der Waals surface area contributed by atoms with Crippen molar-refractivity contribution in [2.45, 2.75) is 66.0 Å². The molecular weight excluding hydrogens is 200 g/mol. The third-order valence-corrected chi connectivity index (χ3v) is 2.41. The van der Waals surface area contributed by atoms with Crippen LogP contribution in [0.15, 0.2) is 0 Å². The summed E-state index contributed by atoms with van der Waals surface area (Å²) in [5.74, 6) is 0.237. The van der Waals surface area contributed by atoms with Crippen LogP contribution in [0.3, 0.4) is 0 Å². The van der Waals surface area contributed by atoms with Gasteiger partial charge >= 0.3 is 0 Å². The molecule has 0 aromatic heterocycles. The Morgan fingerprint density at radius 1 is 1.25 bits per heavy atom. The molecule has 1 unspecified atom stereocenters. The van der Waals surface area contributed by atoms with Gasteiger partial charge in [0.2, 0.25) is 0 Å². The highest BCUT2D eigenvalue weighted by atomic mass is 16.1. The molecule has 3 heteroatoms. The lowest BCUT2D eigenvalue weighted by Gasteiger charge is -2.20. The average molecular weight is 230 g/mol. The van der Waals surface area contributed by atoms with Crippen molar-refractivity contribution in [3.8, 4) is 0 Å². The molecular formula is C13H30N2O. The van der Waals surface area contributed by atoms with Crippen molar-refractivity contribution >= 4 is 5.78 Å². The minimum Gasteiger partial charge on any atom is -0.312 e. The first-order chi connectivity index (χ1) is 6.87. The van der Waals surface area contributed by atoms with Gasteiger partial charge in [0.05, 0.1) is 6.04 Å². The van der Waals surface area contributed by atoms with E-state index >= 15 is 0 Å². The van der Waals surface area contributed by atoms with Crippen LogP contribution >= 0.6 is 0 Å². The largest absolute Gasteiger partial charge is 0.312 e. The molecule has 0 amide bonds. The predicted octanol–water partition coefficient (Wildman–Crippen LogP) is 2.36. The van der Waals surface area contributed by atoms with Crippen LogP contribution in [0.2, 0.25) is 0 Å². The lowest BCUT2D eigenvalue weighted by Crippen LogP contribution is -2.36. The Labute approximate surface area is 101 Å². The molecule has 0 aromatic carbocycles. The molecule has 98 valence electrons. The molecule has 0 spiro atoms. The van der Waals surface area contributed by atoms with Crippen molar-refractivity contribution in [1.82, 2.24) is 10.6 Å². The molecule has 0 saturated heterocycles. The fourth-order valence-electron chi connectivity index (χ4n) is 1.49. The fourth-order valence-corrected chi connectivity index (χ4v) is 1.49. The van der Waals surface area contributed by atoms with Gasteiger partial charge in [0.1, 0.15) is 5.78 Å². The number of Topliss-reactive ketones (excluding diaryl/α,β-unsaturated/α-hetero) is 1. The van der Waals surface area contributed by atoms with Gasteiger partial charge < -0.3 is 10.6 Å². The molecule has 0 fully saturated rings. The number of likely N-dealkylation sites (N-methyl/N-ethyl adjacent to an activating group) is 1. The van der Waals surface area contributed by atoms with Gasteiger partial charge in [0, 0.05) is 5.54 Å². The molecule has 0 aliphatic carbocycles. The maximum Gasteiger partial charge on any atom is 0.146 e. The summed E-state index contributed by atoms with van der Waals surface area (Å²) in [5, 5.41) is 6.48. The van der Waals surface area contributed by atoms with Crippen LogP contribution in [-0.4, -0.2) is 31.0 Å². The predicted molar refractivity (Wildman–Crippen MR) is 71.9 cm³/mol. The lowest BCUT2D eigenvalue weighted by atomic mass is 10.1. The fraction of sp³-hybridized carbons (Fsp3) is 0.923. The van der Waals surface area contributed by atoms with Gasteiger partial charge in [-0.1, -0.05) is 13.8 Å². The summed E-state index contributed by atoms with van der Waals surface area (Å²) in [4.78, 5) is 11.1. The Bertz CT molecular complexity index is 185. The number of rotatable bonds is 7. The van der Waals surface area contributed by atoms with Gasteiger partial charge in [0.25, 0.3) is 0 Å². The van der Waals surface area contributed by atoms with E-state index in [2.05, 4.69) is 31.4 Å². The quantitative estimate of drug-likeness (QED) is 0.660. The number of carbonyl (C=O) groups is 1. The average Bonchev–Trinajstić information content (AvgIpc) is 2.08. The molecule has 2 N–H and O–H groups in total. The number of unbranched alkanes of at least 4 members (excludes halogenated alkanes) is 1. The van der Waals surface area contributed by atoms with Crippen molar-refractivity contribution in [3.63, 3.8) is 0 Å². The van der Waals surface area contributed by atoms with Gasteiger partial charge in [-0.05, 0) is 54.1 Å². The molecule has 1 atom stereocenters. The van der Waals surface area contributed by atoms with E-state index < -0.39 is 0 Å². The van der Waals surface area contributed by atoms with Gasteiger partial charge in [-0.15, -0.1) is 0 Å². The number of nitrogens with one attached hydrogen (secondary N) is 2. The minimum atomic E-state index is 0. The maximum absolute atomic E-state index is 11.1. The van der Waals surface area contributed by atoms with Crippen LogP contribution in [0, 0.1) is 0 Å². The normalized spacial score (nSPS) is 13.1. The Morgan fingerprint density at radius 2 is 1.81 bits per heavy atom. The van der Waals surface area contributed by atoms with Gasteiger partial charge in [0.15, 0.2) is 0 Å². The molecule has 0 aliphatic rings. The monoisotopic (exact) mass is 230 g/mol. The summed E-state index contributed by atoms with van der Waals surface area (Å²) in [5.41, 5.74) is 0.197. The minimum absolute atomic E-state index is 0. The van der Waals surface area contributed by atoms with Crippen molar-refractivity contribution in [2.75, 3.05) is 13.6 Å². The third kappa shape index (κ3) is 10.1. The van der Waals surface area contributed by atoms with Crippen molar-refractivity contribution in [1.29, 1.82) is 0 Å². The van der Waals surface area contributed by atoms with E-state index in [0.29, 0.717) is 0 Å². The summed E-state index contributed by atoms with van der Waals surface area (Å²) in [6, 6.07) is 0.0413. The van der Waals surface area contributed by atoms with Crippen LogP contribution in [-0.2, 0) is 4.79 Å². The van der Waals surface area contributed by atoms with E-state index in [9.17, 15) is 4.79 Å². The van der Waals surface area contributed by atoms with Crippen LogP contribution < -0.4 is 10.6 Å². The zero-order chi connectivity index (χ0) is 11.9. The second kappa shape index (κ2) is 8.71. The van der Waals surface area contributed by atoms with Gasteiger partial charge in [-0.25, -0.2) is 0 Å². The molecule has 0 radical (unpaired) electrons. The molecule has 0 aromatic rings. The van der Waals surface area contributed by atoms with Gasteiger partial charge in [-0.2, -0.15) is 0 Å². The van der Waals surface area contributed by atoms with E-state index in [1.165, 1.54) is 0 Å². The highest BCUT2D eigenvalue weighted by Crippen LogP contribution is 2.03. The van der Waals surface area contributed by atoms with Crippen LogP contribution in [0.5, 0.6) is 0 Å². The summed E-state index contributed by atoms with van der Waals surface area (Å²) in [6.07, 6.45) is 3.16. The van der Waals surface area contributed by atoms with Crippen LogP contribution in [0.1, 0.15) is 54.4 Å². The lowest BCUT2D eigenvalue weighted by molar-refractivity contribution is -0.119. The number of carbonyl (C=O) groups excluding carboxylic acids is 1. The SMILES string of the molecule is C.CNC(CCCCNC(C)(C)C)C(C)=O. The molecule has 0 aliphatic heterocycles. The Kier molecular flexibility index (Phi) is 9.78. The first-order valence-corrected chi connectivity index (χ1v) is 5.79. The topological polar surface area (TPSA) is 41.1 Å². The zero-order valence-electron chi connectivity index (χ0n) is 10.8. The summed E-state index contributed by atoms with van der Waals surface area (Å²) in [6.45, 7) is 9.17. The Balaban J connectivity index is 0. The van der Waals surface area contributed by atoms with Crippen molar-refractivity contribution in [3.05, 3.63) is 0 Å². The van der Waals surface area contributed by atoms with E-state index in [-0.39, 0.29) is 24.8 Å². The second-order valence-electron chi connectivity index (χ2n) is 5.12. The first kappa shape index (κ1) is 18.0. The van der Waals surface area contributed by atoms with Crippen LogP contribution in [0.25, 0.3) is 0 Å². The summed E-state index contributed by atoms with van der Waals surface area (Å²) < 4.78 is 0. The second-order valence-corrected chi connectivity index (χ2v) is 5.12. The standard InChI is InChI=1S/C12H26N2O.CH4/c1-10(15)11(13-5)8-6-7-9-14-12(2,3)4;/h11,13-14H,6-9H2,1-5H3;1H4. The molecule has 16 heavy (non-hydrogen) atoms. The molecule has 3 nitrogen and oxygen atoms in total. The van der Waals surface area contributed by atoms with E-state index in [1.54, 1.807) is 6.92 Å².